The highest BCUT2D eigenvalue weighted by Crippen LogP contribution is 2.44. The summed E-state index contributed by atoms with van der Waals surface area (Å²) in [6, 6.07) is 4.76. The second-order valence-corrected chi connectivity index (χ2v) is 8.24. The van der Waals surface area contributed by atoms with Crippen LogP contribution in [0.25, 0.3) is 0 Å². The van der Waals surface area contributed by atoms with Crippen LogP contribution < -0.4 is 0 Å². The molecule has 1 aromatic rings. The Morgan fingerprint density at radius 3 is 2.53 bits per heavy atom. The zero-order valence-electron chi connectivity index (χ0n) is 16.6. The first-order valence-corrected chi connectivity index (χ1v) is 10.5. The summed E-state index contributed by atoms with van der Waals surface area (Å²) in [5.74, 6) is -0.660. The Morgan fingerprint density at radius 1 is 1.23 bits per heavy atom. The molecule has 2 aliphatic heterocycles. The van der Waals surface area contributed by atoms with E-state index in [0.717, 1.165) is 10.7 Å². The summed E-state index contributed by atoms with van der Waals surface area (Å²) in [6.45, 7) is 3.40. The molecule has 3 rings (SSSR count). The molecule has 10 heteroatoms. The van der Waals surface area contributed by atoms with Gasteiger partial charge in [0.05, 0.1) is 23.5 Å². The number of nitro groups is 1. The lowest BCUT2D eigenvalue weighted by molar-refractivity contribution is -0.384. The van der Waals surface area contributed by atoms with E-state index in [0.29, 0.717) is 12.0 Å². The average Bonchev–Trinajstić information content (AvgIpc) is 3.04. The Kier molecular flexibility index (Phi) is 6.76. The van der Waals surface area contributed by atoms with Gasteiger partial charge in [0.25, 0.3) is 5.69 Å². The van der Waals surface area contributed by atoms with Gasteiger partial charge in [-0.05, 0) is 35.9 Å². The molecule has 1 unspecified atom stereocenters. The van der Waals surface area contributed by atoms with Crippen molar-refractivity contribution in [1.29, 1.82) is 0 Å². The Bertz CT molecular complexity index is 884. The number of hydrogen-bond acceptors (Lipinski definition) is 8. The van der Waals surface area contributed by atoms with Crippen LogP contribution in [0, 0.1) is 16.0 Å². The molecule has 30 heavy (non-hydrogen) atoms. The van der Waals surface area contributed by atoms with Crippen molar-refractivity contribution in [2.75, 3.05) is 12.4 Å². The Labute approximate surface area is 177 Å². The number of esters is 2. The number of fused-ring (bicyclic) bond motifs is 1. The van der Waals surface area contributed by atoms with Crippen molar-refractivity contribution in [2.45, 2.75) is 39.0 Å². The smallest absolute Gasteiger partial charge is 0.334 e. The fourth-order valence-electron chi connectivity index (χ4n) is 3.58. The number of rotatable bonds is 9. The molecule has 160 valence electrons. The van der Waals surface area contributed by atoms with E-state index >= 15 is 0 Å². The maximum absolute atomic E-state index is 12.8. The minimum absolute atomic E-state index is 0.0417. The Balaban J connectivity index is 1.63. The first-order valence-electron chi connectivity index (χ1n) is 9.53. The summed E-state index contributed by atoms with van der Waals surface area (Å²) < 4.78 is 10.3. The van der Waals surface area contributed by atoms with E-state index in [-0.39, 0.29) is 36.8 Å². The average molecular weight is 434 g/mol. The molecule has 9 nitrogen and oxygen atoms in total. The number of carbonyl (C=O) groups excluding carboxylic acids is 3. The lowest BCUT2D eigenvalue weighted by Gasteiger charge is -2.44. The second kappa shape index (κ2) is 9.29. The van der Waals surface area contributed by atoms with Gasteiger partial charge in [0, 0.05) is 24.0 Å². The van der Waals surface area contributed by atoms with E-state index in [1.54, 1.807) is 0 Å². The second-order valence-electron chi connectivity index (χ2n) is 6.91. The van der Waals surface area contributed by atoms with Crippen molar-refractivity contribution in [2.24, 2.45) is 5.92 Å². The topological polar surface area (TPSA) is 116 Å². The molecular weight excluding hydrogens is 412 g/mol. The molecule has 3 atom stereocenters. The fraction of sp³-hybridized carbons (Fsp3) is 0.450. The predicted molar refractivity (Wildman–Crippen MR) is 108 cm³/mol. The minimum Gasteiger partial charge on any atom is -0.466 e. The van der Waals surface area contributed by atoms with Crippen LogP contribution in [0.4, 0.5) is 5.69 Å². The predicted octanol–water partition coefficient (Wildman–Crippen LogP) is 2.44. The van der Waals surface area contributed by atoms with Gasteiger partial charge in [0.2, 0.25) is 5.91 Å². The highest BCUT2D eigenvalue weighted by molar-refractivity contribution is 8.03. The Hall–Kier alpha value is -2.88. The Morgan fingerprint density at radius 2 is 1.93 bits per heavy atom. The standard InChI is InChI=1S/C20H22N2O7S/c1-3-30-17-10-16-15(8-9-28-12(2)23)19(24)21(16)18(17)20(25)29-11-13-4-6-14(7-5-13)22(26)27/h4-7,10,15-16,18H,3,8-9,11H2,1-2H3/t15-,16?,18+/m1/s1. The third kappa shape index (κ3) is 4.48. The molecule has 0 saturated carbocycles. The molecule has 0 spiro atoms. The van der Waals surface area contributed by atoms with Gasteiger partial charge in [-0.25, -0.2) is 4.79 Å². The molecule has 2 aliphatic rings. The van der Waals surface area contributed by atoms with E-state index < -0.39 is 22.9 Å². The monoisotopic (exact) mass is 434 g/mol. The largest absolute Gasteiger partial charge is 0.466 e. The summed E-state index contributed by atoms with van der Waals surface area (Å²) in [7, 11) is 0. The number of amides is 1. The van der Waals surface area contributed by atoms with E-state index in [9.17, 15) is 24.5 Å². The van der Waals surface area contributed by atoms with E-state index in [1.165, 1.54) is 47.9 Å². The molecular formula is C20H22N2O7S. The summed E-state index contributed by atoms with van der Waals surface area (Å²) >= 11 is 1.49. The molecule has 0 radical (unpaired) electrons. The molecule has 0 N–H and O–H groups in total. The number of hydrogen-bond donors (Lipinski definition) is 0. The first-order chi connectivity index (χ1) is 14.3. The normalized spacial score (nSPS) is 22.1. The van der Waals surface area contributed by atoms with Gasteiger partial charge in [-0.2, -0.15) is 0 Å². The van der Waals surface area contributed by atoms with Crippen LogP contribution in [-0.2, 0) is 30.5 Å². The van der Waals surface area contributed by atoms with Gasteiger partial charge in [-0.15, -0.1) is 11.8 Å². The van der Waals surface area contributed by atoms with Crippen molar-refractivity contribution < 1.29 is 28.8 Å². The molecule has 0 bridgehead atoms. The van der Waals surface area contributed by atoms with E-state index in [2.05, 4.69) is 0 Å². The van der Waals surface area contributed by atoms with Crippen LogP contribution in [0.1, 0.15) is 25.8 Å². The number of thioether (sulfide) groups is 1. The van der Waals surface area contributed by atoms with Crippen molar-refractivity contribution >= 4 is 35.3 Å². The van der Waals surface area contributed by atoms with Crippen molar-refractivity contribution in [3.63, 3.8) is 0 Å². The van der Waals surface area contributed by atoms with Crippen molar-refractivity contribution in [1.82, 2.24) is 4.90 Å². The van der Waals surface area contributed by atoms with Crippen LogP contribution >= 0.6 is 11.8 Å². The van der Waals surface area contributed by atoms with Crippen LogP contribution in [0.5, 0.6) is 0 Å². The third-order valence-electron chi connectivity index (χ3n) is 4.98. The van der Waals surface area contributed by atoms with E-state index in [1.807, 2.05) is 13.0 Å². The van der Waals surface area contributed by atoms with Crippen LogP contribution in [-0.4, -0.2) is 52.1 Å². The van der Waals surface area contributed by atoms with Gasteiger partial charge in [-0.1, -0.05) is 6.92 Å². The number of β-lactam (4-membered cyclic amide) rings is 1. The summed E-state index contributed by atoms with van der Waals surface area (Å²) in [4.78, 5) is 48.9. The molecule has 1 aromatic carbocycles. The van der Waals surface area contributed by atoms with Crippen molar-refractivity contribution in [3.8, 4) is 0 Å². The van der Waals surface area contributed by atoms with Gasteiger partial charge in [0.15, 0.2) is 6.04 Å². The molecule has 2 heterocycles. The lowest BCUT2D eigenvalue weighted by atomic mass is 9.86. The number of nitrogens with zero attached hydrogens (tertiary/aromatic N) is 2. The summed E-state index contributed by atoms with van der Waals surface area (Å²) in [5, 5.41) is 10.7. The highest BCUT2D eigenvalue weighted by Gasteiger charge is 2.56. The molecule has 1 saturated heterocycles. The number of benzene rings is 1. The highest BCUT2D eigenvalue weighted by atomic mass is 32.2. The van der Waals surface area contributed by atoms with Crippen molar-refractivity contribution in [3.05, 3.63) is 50.9 Å². The number of nitro benzene ring substituents is 1. The minimum atomic E-state index is -0.782. The first kappa shape index (κ1) is 21.8. The van der Waals surface area contributed by atoms with Crippen LogP contribution in [0.15, 0.2) is 35.2 Å². The number of carbonyl (C=O) groups is 3. The number of non-ortho nitro benzene ring substituents is 1. The SMILES string of the molecule is CCSC1=CC2[C@@H](CCOC(C)=O)C(=O)N2[C@@H]1C(=O)OCc1ccc([N+](=O)[O-])cc1. The quantitative estimate of drug-likeness (QED) is 0.252. The molecule has 0 aromatic heterocycles. The zero-order chi connectivity index (χ0) is 21.8. The zero-order valence-corrected chi connectivity index (χ0v) is 17.4. The molecule has 0 aliphatic carbocycles. The summed E-state index contributed by atoms with van der Waals surface area (Å²) in [5.41, 5.74) is 0.575. The maximum Gasteiger partial charge on any atom is 0.334 e. The van der Waals surface area contributed by atoms with Gasteiger partial charge >= 0.3 is 11.9 Å². The van der Waals surface area contributed by atoms with Gasteiger partial charge in [-0.3, -0.25) is 19.7 Å². The van der Waals surface area contributed by atoms with Gasteiger partial charge < -0.3 is 14.4 Å². The maximum atomic E-state index is 12.8. The van der Waals surface area contributed by atoms with Gasteiger partial charge in [0.1, 0.15) is 6.61 Å². The third-order valence-corrected chi connectivity index (χ3v) is 5.97. The molecule has 1 amide bonds. The fourth-order valence-corrected chi connectivity index (χ4v) is 4.52. The lowest BCUT2D eigenvalue weighted by Crippen LogP contribution is -2.62. The van der Waals surface area contributed by atoms with Crippen LogP contribution in [0.2, 0.25) is 0 Å². The molecule has 1 fully saturated rings. The number of ether oxygens (including phenoxy) is 2. The van der Waals surface area contributed by atoms with Crippen LogP contribution in [0.3, 0.4) is 0 Å². The summed E-state index contributed by atoms with van der Waals surface area (Å²) in [6.07, 6.45) is 2.33. The van der Waals surface area contributed by atoms with E-state index in [4.69, 9.17) is 9.47 Å².